The molecule has 9 nitrogen and oxygen atoms in total. The quantitative estimate of drug-likeness (QED) is 0.413. The van der Waals surface area contributed by atoms with E-state index >= 15 is 0 Å². The zero-order chi connectivity index (χ0) is 28.0. The number of carbonyl (C=O) groups excluding carboxylic acids is 2. The molecule has 1 heterocycles. The van der Waals surface area contributed by atoms with Crippen LogP contribution >= 0.6 is 0 Å². The fourth-order valence-electron chi connectivity index (χ4n) is 4.31. The van der Waals surface area contributed by atoms with E-state index in [1.807, 2.05) is 30.3 Å². The molecule has 0 saturated heterocycles. The van der Waals surface area contributed by atoms with Gasteiger partial charge >= 0.3 is 0 Å². The number of nitrogens with zero attached hydrogens (tertiary/aromatic N) is 2. The summed E-state index contributed by atoms with van der Waals surface area (Å²) < 4.78 is 51.4. The van der Waals surface area contributed by atoms with Gasteiger partial charge in [0.15, 0.2) is 11.5 Å². The molecule has 206 valence electrons. The van der Waals surface area contributed by atoms with Gasteiger partial charge in [0.1, 0.15) is 31.6 Å². The Hall–Kier alpha value is -4.12. The molecule has 0 spiro atoms. The van der Waals surface area contributed by atoms with Crippen molar-refractivity contribution >= 4 is 27.5 Å². The van der Waals surface area contributed by atoms with E-state index in [0.29, 0.717) is 30.3 Å². The van der Waals surface area contributed by atoms with E-state index in [2.05, 4.69) is 5.32 Å². The number of hydrogen-bond acceptors (Lipinski definition) is 6. The third-order valence-electron chi connectivity index (χ3n) is 6.28. The van der Waals surface area contributed by atoms with Crippen LogP contribution in [0.5, 0.6) is 11.5 Å². The number of hydrogen-bond donors (Lipinski definition) is 1. The average Bonchev–Trinajstić information content (AvgIpc) is 2.93. The minimum atomic E-state index is -3.92. The van der Waals surface area contributed by atoms with E-state index in [-0.39, 0.29) is 18.7 Å². The Balaban J connectivity index is 1.70. The molecule has 4 rings (SSSR count). The molecule has 0 saturated carbocycles. The molecule has 0 radical (unpaired) electrons. The van der Waals surface area contributed by atoms with Crippen LogP contribution < -0.4 is 19.1 Å². The molecule has 2 amide bonds. The van der Waals surface area contributed by atoms with Crippen LogP contribution in [0.25, 0.3) is 0 Å². The summed E-state index contributed by atoms with van der Waals surface area (Å²) >= 11 is 0. The van der Waals surface area contributed by atoms with Crippen molar-refractivity contribution in [3.8, 4) is 11.5 Å². The van der Waals surface area contributed by atoms with Gasteiger partial charge in [-0.1, -0.05) is 42.5 Å². The first-order valence-corrected chi connectivity index (χ1v) is 14.2. The Morgan fingerprint density at radius 1 is 0.949 bits per heavy atom. The minimum absolute atomic E-state index is 0.0389. The lowest BCUT2D eigenvalue weighted by molar-refractivity contribution is -0.139. The number of benzene rings is 3. The number of ether oxygens (including phenoxy) is 2. The van der Waals surface area contributed by atoms with E-state index in [4.69, 9.17) is 9.47 Å². The number of amides is 2. The smallest absolute Gasteiger partial charge is 0.244 e. The molecule has 0 unspecified atom stereocenters. The standard InChI is InChI=1S/C28H30FN3O6S/c1-30-28(34)24(16-20-6-4-3-5-7-20)31(18-21-8-10-22(29)11-9-21)27(33)19-32(39(2,35)36)23-12-13-25-26(17-23)38-15-14-37-25/h3-13,17,24H,14-16,18-19H2,1-2H3,(H,30,34)/t24-/m1/s1. The van der Waals surface area contributed by atoms with Crippen LogP contribution in [-0.4, -0.2) is 64.2 Å². The third-order valence-corrected chi connectivity index (χ3v) is 7.42. The van der Waals surface area contributed by atoms with E-state index in [9.17, 15) is 22.4 Å². The normalized spacial score (nSPS) is 13.3. The Bertz CT molecular complexity index is 1420. The number of likely N-dealkylation sites (N-methyl/N-ethyl adjacent to an activating group) is 1. The molecule has 0 aromatic heterocycles. The van der Waals surface area contributed by atoms with E-state index < -0.39 is 40.2 Å². The molecule has 1 aliphatic rings. The number of sulfonamides is 1. The second-order valence-corrected chi connectivity index (χ2v) is 11.0. The Morgan fingerprint density at radius 2 is 1.62 bits per heavy atom. The third kappa shape index (κ3) is 7.05. The largest absolute Gasteiger partial charge is 0.486 e. The average molecular weight is 556 g/mol. The van der Waals surface area contributed by atoms with Crippen molar-refractivity contribution in [2.24, 2.45) is 0 Å². The maximum absolute atomic E-state index is 13.9. The van der Waals surface area contributed by atoms with Gasteiger partial charge in [0.2, 0.25) is 21.8 Å². The van der Waals surface area contributed by atoms with Gasteiger partial charge in [-0.25, -0.2) is 12.8 Å². The predicted molar refractivity (Wildman–Crippen MR) is 145 cm³/mol. The minimum Gasteiger partial charge on any atom is -0.486 e. The molecular formula is C28H30FN3O6S. The SMILES string of the molecule is CNC(=O)[C@@H](Cc1ccccc1)N(Cc1ccc(F)cc1)C(=O)CN(c1ccc2c(c1)OCCO2)S(C)(=O)=O. The van der Waals surface area contributed by atoms with Gasteiger partial charge in [-0.3, -0.25) is 13.9 Å². The highest BCUT2D eigenvalue weighted by molar-refractivity contribution is 7.92. The highest BCUT2D eigenvalue weighted by Crippen LogP contribution is 2.34. The van der Waals surface area contributed by atoms with Crippen LogP contribution in [-0.2, 0) is 32.6 Å². The monoisotopic (exact) mass is 555 g/mol. The first-order valence-electron chi connectivity index (χ1n) is 12.3. The molecule has 39 heavy (non-hydrogen) atoms. The number of fused-ring (bicyclic) bond motifs is 1. The molecule has 0 fully saturated rings. The zero-order valence-corrected chi connectivity index (χ0v) is 22.5. The van der Waals surface area contributed by atoms with Crippen molar-refractivity contribution < 1.29 is 31.9 Å². The van der Waals surface area contributed by atoms with Crippen LogP contribution in [0.4, 0.5) is 10.1 Å². The molecule has 0 bridgehead atoms. The summed E-state index contributed by atoms with van der Waals surface area (Å²) in [6.45, 7) is 0.0823. The highest BCUT2D eigenvalue weighted by atomic mass is 32.2. The summed E-state index contributed by atoms with van der Waals surface area (Å²) in [6, 6.07) is 18.4. The first-order chi connectivity index (χ1) is 18.7. The number of rotatable bonds is 10. The van der Waals surface area contributed by atoms with Crippen molar-refractivity contribution in [2.75, 3.05) is 37.4 Å². The van der Waals surface area contributed by atoms with Crippen LogP contribution in [0.3, 0.4) is 0 Å². The fourth-order valence-corrected chi connectivity index (χ4v) is 5.15. The van der Waals surface area contributed by atoms with Gasteiger partial charge in [0, 0.05) is 26.1 Å². The summed E-state index contributed by atoms with van der Waals surface area (Å²) in [5.74, 6) is -0.616. The van der Waals surface area contributed by atoms with Crippen LogP contribution in [0.1, 0.15) is 11.1 Å². The van der Waals surface area contributed by atoms with Crippen LogP contribution in [0, 0.1) is 5.82 Å². The molecule has 3 aromatic rings. The second-order valence-electron chi connectivity index (χ2n) is 9.07. The number of carbonyl (C=O) groups is 2. The second kappa shape index (κ2) is 12.2. The Kier molecular flexibility index (Phi) is 8.70. The Morgan fingerprint density at radius 3 is 2.26 bits per heavy atom. The van der Waals surface area contributed by atoms with Crippen molar-refractivity contribution in [3.63, 3.8) is 0 Å². The maximum atomic E-state index is 13.9. The molecule has 1 atom stereocenters. The van der Waals surface area contributed by atoms with Gasteiger partial charge in [-0.05, 0) is 35.4 Å². The van der Waals surface area contributed by atoms with Crippen molar-refractivity contribution in [1.29, 1.82) is 0 Å². The lowest BCUT2D eigenvalue weighted by Gasteiger charge is -2.33. The molecule has 11 heteroatoms. The predicted octanol–water partition coefficient (Wildman–Crippen LogP) is 2.75. The number of halogens is 1. The molecule has 0 aliphatic carbocycles. The van der Waals surface area contributed by atoms with Gasteiger partial charge in [-0.15, -0.1) is 0 Å². The fraction of sp³-hybridized carbons (Fsp3) is 0.286. The van der Waals surface area contributed by atoms with Gasteiger partial charge < -0.3 is 19.7 Å². The summed E-state index contributed by atoms with van der Waals surface area (Å²) in [5, 5.41) is 2.61. The maximum Gasteiger partial charge on any atom is 0.244 e. The van der Waals surface area contributed by atoms with Gasteiger partial charge in [0.25, 0.3) is 0 Å². The number of nitrogens with one attached hydrogen (secondary N) is 1. The number of anilines is 1. The van der Waals surface area contributed by atoms with E-state index in [1.54, 1.807) is 6.07 Å². The summed E-state index contributed by atoms with van der Waals surface area (Å²) in [5.41, 5.74) is 1.61. The lowest BCUT2D eigenvalue weighted by atomic mass is 10.0. The van der Waals surface area contributed by atoms with E-state index in [0.717, 1.165) is 16.1 Å². The van der Waals surface area contributed by atoms with E-state index in [1.165, 1.54) is 48.3 Å². The van der Waals surface area contributed by atoms with Crippen molar-refractivity contribution in [1.82, 2.24) is 10.2 Å². The molecule has 1 N–H and O–H groups in total. The van der Waals surface area contributed by atoms with Crippen molar-refractivity contribution in [2.45, 2.75) is 19.0 Å². The Labute approximate surface area is 227 Å². The molecular weight excluding hydrogens is 525 g/mol. The summed E-state index contributed by atoms with van der Waals surface area (Å²) in [7, 11) is -2.45. The molecule has 3 aromatic carbocycles. The molecule has 1 aliphatic heterocycles. The highest BCUT2D eigenvalue weighted by Gasteiger charge is 2.33. The van der Waals surface area contributed by atoms with Crippen LogP contribution in [0.15, 0.2) is 72.8 Å². The first kappa shape index (κ1) is 27.9. The van der Waals surface area contributed by atoms with Gasteiger partial charge in [0.05, 0.1) is 11.9 Å². The van der Waals surface area contributed by atoms with Crippen LogP contribution in [0.2, 0.25) is 0 Å². The van der Waals surface area contributed by atoms with Crippen molar-refractivity contribution in [3.05, 3.63) is 89.7 Å². The van der Waals surface area contributed by atoms with Gasteiger partial charge in [-0.2, -0.15) is 0 Å². The topological polar surface area (TPSA) is 105 Å². The summed E-state index contributed by atoms with van der Waals surface area (Å²) in [4.78, 5) is 28.3. The summed E-state index contributed by atoms with van der Waals surface area (Å²) in [6.07, 6.45) is 1.19. The zero-order valence-electron chi connectivity index (χ0n) is 21.7. The lowest BCUT2D eigenvalue weighted by Crippen LogP contribution is -2.52.